The summed E-state index contributed by atoms with van der Waals surface area (Å²) in [5.74, 6) is 0.0155. The Bertz CT molecular complexity index is 552. The molecule has 2 N–H and O–H groups in total. The molecule has 1 rings (SSSR count). The van der Waals surface area contributed by atoms with Crippen LogP contribution in [0.25, 0.3) is 0 Å². The molecule has 0 spiro atoms. The van der Waals surface area contributed by atoms with Gasteiger partial charge in [0.1, 0.15) is 4.90 Å². The number of aliphatic hydroxyl groups excluding tert-OH is 1. The van der Waals surface area contributed by atoms with Crippen molar-refractivity contribution in [1.29, 1.82) is 0 Å². The van der Waals surface area contributed by atoms with Gasteiger partial charge in [-0.25, -0.2) is 13.1 Å². The molecule has 1 aromatic carbocycles. The fourth-order valence-corrected chi connectivity index (χ4v) is 4.68. The van der Waals surface area contributed by atoms with Gasteiger partial charge in [-0.1, -0.05) is 48.7 Å². The summed E-state index contributed by atoms with van der Waals surface area (Å²) in [6.45, 7) is 3.59. The third kappa shape index (κ3) is 4.48. The highest BCUT2D eigenvalue weighted by atomic mass is 35.5. The second-order valence-corrected chi connectivity index (χ2v) is 7.58. The average Bonchev–Trinajstić information content (AvgIpc) is 2.25. The van der Waals surface area contributed by atoms with Crippen molar-refractivity contribution in [3.63, 3.8) is 0 Å². The van der Waals surface area contributed by atoms with Gasteiger partial charge in [0.2, 0.25) is 10.0 Å². The monoisotopic (exact) mass is 359 g/mol. The molecule has 0 bridgehead atoms. The SMILES string of the molecule is CC(C)C(CCO)NS(=O)(=O)c1c(Cl)cc(Cl)cc1Cl. The fraction of sp³-hybridized carbons (Fsp3) is 0.500. The molecule has 1 atom stereocenters. The zero-order chi connectivity index (χ0) is 15.5. The van der Waals surface area contributed by atoms with Gasteiger partial charge in [0.15, 0.2) is 0 Å². The second kappa shape index (κ2) is 7.29. The van der Waals surface area contributed by atoms with Crippen molar-refractivity contribution in [2.45, 2.75) is 31.2 Å². The van der Waals surface area contributed by atoms with Gasteiger partial charge in [-0.05, 0) is 24.5 Å². The lowest BCUT2D eigenvalue weighted by Crippen LogP contribution is -2.39. The van der Waals surface area contributed by atoms with E-state index in [1.54, 1.807) is 0 Å². The van der Waals surface area contributed by atoms with Crippen LogP contribution in [0.3, 0.4) is 0 Å². The predicted octanol–water partition coefficient (Wildman–Crippen LogP) is 3.33. The van der Waals surface area contributed by atoms with Crippen LogP contribution in [0.2, 0.25) is 15.1 Å². The van der Waals surface area contributed by atoms with E-state index >= 15 is 0 Å². The molecule has 1 unspecified atom stereocenters. The van der Waals surface area contributed by atoms with Gasteiger partial charge in [0.25, 0.3) is 0 Å². The number of hydrogen-bond donors (Lipinski definition) is 2. The first-order chi connectivity index (χ1) is 9.19. The third-order valence-corrected chi connectivity index (χ3v) is 5.41. The van der Waals surface area contributed by atoms with Crippen LogP contribution >= 0.6 is 34.8 Å². The molecule has 0 saturated heterocycles. The van der Waals surface area contributed by atoms with Gasteiger partial charge in [-0.2, -0.15) is 0 Å². The molecule has 0 aliphatic rings. The van der Waals surface area contributed by atoms with E-state index in [9.17, 15) is 8.42 Å². The molecule has 0 radical (unpaired) electrons. The van der Waals surface area contributed by atoms with Crippen LogP contribution in [-0.4, -0.2) is 26.2 Å². The molecule has 4 nitrogen and oxygen atoms in total. The van der Waals surface area contributed by atoms with Crippen molar-refractivity contribution in [3.05, 3.63) is 27.2 Å². The number of halogens is 3. The zero-order valence-corrected chi connectivity index (χ0v) is 14.1. The Kier molecular flexibility index (Phi) is 6.57. The summed E-state index contributed by atoms with van der Waals surface area (Å²) >= 11 is 17.6. The Morgan fingerprint density at radius 2 is 1.70 bits per heavy atom. The van der Waals surface area contributed by atoms with Crippen LogP contribution in [0.4, 0.5) is 0 Å². The van der Waals surface area contributed by atoms with Crippen LogP contribution in [0, 0.1) is 5.92 Å². The van der Waals surface area contributed by atoms with E-state index in [2.05, 4.69) is 4.72 Å². The van der Waals surface area contributed by atoms with E-state index in [-0.39, 0.29) is 32.5 Å². The largest absolute Gasteiger partial charge is 0.396 e. The summed E-state index contributed by atoms with van der Waals surface area (Å²) in [7, 11) is -3.89. The molecule has 0 heterocycles. The van der Waals surface area contributed by atoms with Crippen molar-refractivity contribution in [3.8, 4) is 0 Å². The maximum atomic E-state index is 12.4. The topological polar surface area (TPSA) is 66.4 Å². The number of hydrogen-bond acceptors (Lipinski definition) is 3. The number of rotatable bonds is 6. The summed E-state index contributed by atoms with van der Waals surface area (Å²) in [5, 5.41) is 9.17. The molecular weight excluding hydrogens is 345 g/mol. The summed E-state index contributed by atoms with van der Waals surface area (Å²) in [5.41, 5.74) is 0. The lowest BCUT2D eigenvalue weighted by molar-refractivity contribution is 0.256. The molecule has 0 saturated carbocycles. The molecule has 20 heavy (non-hydrogen) atoms. The molecule has 0 aromatic heterocycles. The van der Waals surface area contributed by atoms with E-state index in [0.717, 1.165) is 0 Å². The Labute approximate surface area is 134 Å². The molecule has 0 amide bonds. The van der Waals surface area contributed by atoms with Gasteiger partial charge >= 0.3 is 0 Å². The lowest BCUT2D eigenvalue weighted by atomic mass is 10.0. The minimum Gasteiger partial charge on any atom is -0.396 e. The quantitative estimate of drug-likeness (QED) is 0.817. The Morgan fingerprint density at radius 1 is 1.20 bits per heavy atom. The van der Waals surface area contributed by atoms with Crippen molar-refractivity contribution in [2.24, 2.45) is 5.92 Å². The second-order valence-electron chi connectivity index (χ2n) is 4.68. The van der Waals surface area contributed by atoms with Gasteiger partial charge in [0, 0.05) is 17.7 Å². The van der Waals surface area contributed by atoms with Gasteiger partial charge in [0.05, 0.1) is 10.0 Å². The summed E-state index contributed by atoms with van der Waals surface area (Å²) in [6, 6.07) is 2.23. The van der Waals surface area contributed by atoms with E-state index < -0.39 is 16.1 Å². The summed E-state index contributed by atoms with van der Waals surface area (Å²) < 4.78 is 27.3. The molecule has 0 aliphatic carbocycles. The number of nitrogens with one attached hydrogen (secondary N) is 1. The van der Waals surface area contributed by atoms with E-state index in [1.165, 1.54) is 12.1 Å². The van der Waals surface area contributed by atoms with Crippen LogP contribution in [0.1, 0.15) is 20.3 Å². The maximum Gasteiger partial charge on any atom is 0.243 e. The number of benzene rings is 1. The molecule has 0 fully saturated rings. The Balaban J connectivity index is 3.17. The van der Waals surface area contributed by atoms with Gasteiger partial charge in [-0.15, -0.1) is 0 Å². The summed E-state index contributed by atoms with van der Waals surface area (Å²) in [4.78, 5) is -0.200. The standard InChI is InChI=1S/C12H16Cl3NO3S/c1-7(2)11(3-4-17)16-20(18,19)12-9(14)5-8(13)6-10(12)15/h5-7,11,16-17H,3-4H2,1-2H3. The van der Waals surface area contributed by atoms with Gasteiger partial charge < -0.3 is 5.11 Å². The average molecular weight is 361 g/mol. The molecule has 114 valence electrons. The highest BCUT2D eigenvalue weighted by molar-refractivity contribution is 7.89. The molecule has 1 aromatic rings. The van der Waals surface area contributed by atoms with Crippen LogP contribution in [-0.2, 0) is 10.0 Å². The van der Waals surface area contributed by atoms with Crippen LogP contribution < -0.4 is 4.72 Å². The molecular formula is C12H16Cl3NO3S. The maximum absolute atomic E-state index is 12.4. The first kappa shape index (κ1) is 18.0. The van der Waals surface area contributed by atoms with Crippen molar-refractivity contribution in [1.82, 2.24) is 4.72 Å². The predicted molar refractivity (Wildman–Crippen MR) is 82.1 cm³/mol. The number of sulfonamides is 1. The van der Waals surface area contributed by atoms with Crippen molar-refractivity contribution >= 4 is 44.8 Å². The summed E-state index contributed by atoms with van der Waals surface area (Å²) in [6.07, 6.45) is 0.305. The Hall–Kier alpha value is -0.0400. The van der Waals surface area contributed by atoms with E-state index in [4.69, 9.17) is 39.9 Å². The highest BCUT2D eigenvalue weighted by Gasteiger charge is 2.26. The number of aliphatic hydroxyl groups is 1. The van der Waals surface area contributed by atoms with Crippen LogP contribution in [0.5, 0.6) is 0 Å². The zero-order valence-electron chi connectivity index (χ0n) is 11.0. The van der Waals surface area contributed by atoms with Crippen molar-refractivity contribution < 1.29 is 13.5 Å². The minimum absolute atomic E-state index is 0.0155. The smallest absolute Gasteiger partial charge is 0.243 e. The first-order valence-electron chi connectivity index (χ1n) is 5.96. The van der Waals surface area contributed by atoms with E-state index in [1.807, 2.05) is 13.8 Å². The minimum atomic E-state index is -3.89. The highest BCUT2D eigenvalue weighted by Crippen LogP contribution is 2.33. The van der Waals surface area contributed by atoms with Gasteiger partial charge in [-0.3, -0.25) is 0 Å². The van der Waals surface area contributed by atoms with E-state index in [0.29, 0.717) is 6.42 Å². The third-order valence-electron chi connectivity index (χ3n) is 2.78. The first-order valence-corrected chi connectivity index (χ1v) is 8.58. The van der Waals surface area contributed by atoms with Crippen molar-refractivity contribution in [2.75, 3.05) is 6.61 Å². The molecule has 0 aliphatic heterocycles. The normalized spacial score (nSPS) is 13.8. The molecule has 8 heteroatoms. The lowest BCUT2D eigenvalue weighted by Gasteiger charge is -2.22. The Morgan fingerprint density at radius 3 is 2.10 bits per heavy atom. The van der Waals surface area contributed by atoms with Crippen LogP contribution in [0.15, 0.2) is 17.0 Å². The fourth-order valence-electron chi connectivity index (χ4n) is 1.71.